The fourth-order valence-electron chi connectivity index (χ4n) is 2.42. The maximum atomic E-state index is 5.68. The highest BCUT2D eigenvalue weighted by atomic mass is 32.2. The SMILES string of the molecule is CC(C)Oc1ccc(C(C)NC2CCSCC2)cc1. The molecule has 1 fully saturated rings. The maximum Gasteiger partial charge on any atom is 0.119 e. The molecule has 0 aromatic heterocycles. The normalized spacial score (nSPS) is 18.5. The van der Waals surface area contributed by atoms with E-state index in [-0.39, 0.29) is 6.10 Å². The van der Waals surface area contributed by atoms with Gasteiger partial charge >= 0.3 is 0 Å². The standard InChI is InChI=1S/C16H25NOS/c1-12(2)18-16-6-4-14(5-7-16)13(3)17-15-8-10-19-11-9-15/h4-7,12-13,15,17H,8-11H2,1-3H3. The highest BCUT2D eigenvalue weighted by Crippen LogP contribution is 2.22. The molecule has 1 N–H and O–H groups in total. The average Bonchev–Trinajstić information content (AvgIpc) is 2.40. The summed E-state index contributed by atoms with van der Waals surface area (Å²) in [6.45, 7) is 6.36. The van der Waals surface area contributed by atoms with Gasteiger partial charge in [-0.05, 0) is 62.8 Å². The summed E-state index contributed by atoms with van der Waals surface area (Å²) in [6.07, 6.45) is 2.83. The fraction of sp³-hybridized carbons (Fsp3) is 0.625. The van der Waals surface area contributed by atoms with Crippen molar-refractivity contribution in [2.24, 2.45) is 0 Å². The minimum Gasteiger partial charge on any atom is -0.491 e. The van der Waals surface area contributed by atoms with Crippen molar-refractivity contribution < 1.29 is 4.74 Å². The second kappa shape index (κ2) is 7.20. The van der Waals surface area contributed by atoms with Crippen molar-refractivity contribution in [2.45, 2.75) is 51.8 Å². The van der Waals surface area contributed by atoms with E-state index in [1.54, 1.807) is 0 Å². The first-order valence-corrected chi connectivity index (χ1v) is 8.41. The second-order valence-electron chi connectivity index (χ2n) is 5.51. The van der Waals surface area contributed by atoms with Gasteiger partial charge in [-0.1, -0.05) is 12.1 Å². The summed E-state index contributed by atoms with van der Waals surface area (Å²) in [5.74, 6) is 3.55. The first-order chi connectivity index (χ1) is 9.15. The van der Waals surface area contributed by atoms with Crippen molar-refractivity contribution in [2.75, 3.05) is 11.5 Å². The molecule has 0 amide bonds. The Hall–Kier alpha value is -0.670. The molecule has 1 unspecified atom stereocenters. The molecular formula is C16H25NOS. The van der Waals surface area contributed by atoms with Crippen LogP contribution in [-0.2, 0) is 0 Å². The Bertz CT molecular complexity index is 371. The Kier molecular flexibility index (Phi) is 5.59. The molecule has 0 aliphatic carbocycles. The van der Waals surface area contributed by atoms with E-state index in [1.165, 1.54) is 29.9 Å². The molecule has 3 heteroatoms. The minimum absolute atomic E-state index is 0.237. The molecule has 1 aromatic rings. The fourth-order valence-corrected chi connectivity index (χ4v) is 3.53. The predicted octanol–water partition coefficient (Wildman–Crippen LogP) is 4.02. The number of thioether (sulfide) groups is 1. The van der Waals surface area contributed by atoms with E-state index in [4.69, 9.17) is 4.74 Å². The molecule has 19 heavy (non-hydrogen) atoms. The zero-order valence-electron chi connectivity index (χ0n) is 12.2. The molecule has 0 bridgehead atoms. The second-order valence-corrected chi connectivity index (χ2v) is 6.74. The van der Waals surface area contributed by atoms with Crippen LogP contribution in [0.25, 0.3) is 0 Å². The molecule has 1 aliphatic heterocycles. The quantitative estimate of drug-likeness (QED) is 0.879. The number of hydrogen-bond donors (Lipinski definition) is 1. The van der Waals surface area contributed by atoms with E-state index in [9.17, 15) is 0 Å². The minimum atomic E-state index is 0.237. The topological polar surface area (TPSA) is 21.3 Å². The van der Waals surface area contributed by atoms with Gasteiger partial charge in [-0.25, -0.2) is 0 Å². The largest absolute Gasteiger partial charge is 0.491 e. The summed E-state index contributed by atoms with van der Waals surface area (Å²) in [4.78, 5) is 0. The molecule has 1 saturated heterocycles. The number of nitrogens with one attached hydrogen (secondary N) is 1. The van der Waals surface area contributed by atoms with E-state index >= 15 is 0 Å². The third-order valence-electron chi connectivity index (χ3n) is 3.46. The van der Waals surface area contributed by atoms with Crippen molar-refractivity contribution in [3.05, 3.63) is 29.8 Å². The first-order valence-electron chi connectivity index (χ1n) is 7.25. The van der Waals surface area contributed by atoms with Gasteiger partial charge < -0.3 is 10.1 Å². The van der Waals surface area contributed by atoms with Gasteiger partial charge in [-0.2, -0.15) is 11.8 Å². The zero-order chi connectivity index (χ0) is 13.7. The van der Waals surface area contributed by atoms with Crippen molar-refractivity contribution in [3.8, 4) is 5.75 Å². The average molecular weight is 279 g/mol. The molecule has 106 valence electrons. The number of hydrogen-bond acceptors (Lipinski definition) is 3. The number of rotatable bonds is 5. The van der Waals surface area contributed by atoms with Gasteiger partial charge in [0, 0.05) is 12.1 Å². The van der Waals surface area contributed by atoms with E-state index in [1.807, 2.05) is 0 Å². The van der Waals surface area contributed by atoms with Crippen molar-refractivity contribution >= 4 is 11.8 Å². The molecule has 1 heterocycles. The van der Waals surface area contributed by atoms with Crippen molar-refractivity contribution in [1.29, 1.82) is 0 Å². The lowest BCUT2D eigenvalue weighted by atomic mass is 10.1. The van der Waals surface area contributed by atoms with Gasteiger partial charge in [0.1, 0.15) is 5.75 Å². The molecule has 0 saturated carbocycles. The molecule has 0 radical (unpaired) electrons. The summed E-state index contributed by atoms with van der Waals surface area (Å²) >= 11 is 2.07. The molecule has 0 spiro atoms. The lowest BCUT2D eigenvalue weighted by molar-refractivity contribution is 0.242. The summed E-state index contributed by atoms with van der Waals surface area (Å²) in [7, 11) is 0. The summed E-state index contributed by atoms with van der Waals surface area (Å²) in [5, 5.41) is 3.74. The third-order valence-corrected chi connectivity index (χ3v) is 4.51. The van der Waals surface area contributed by atoms with Gasteiger partial charge in [0.2, 0.25) is 0 Å². The van der Waals surface area contributed by atoms with Crippen LogP contribution < -0.4 is 10.1 Å². The van der Waals surface area contributed by atoms with Gasteiger partial charge in [-0.15, -0.1) is 0 Å². The van der Waals surface area contributed by atoms with Crippen LogP contribution in [0.5, 0.6) is 5.75 Å². The Morgan fingerprint density at radius 3 is 2.32 bits per heavy atom. The van der Waals surface area contributed by atoms with Gasteiger partial charge in [0.15, 0.2) is 0 Å². The highest BCUT2D eigenvalue weighted by Gasteiger charge is 2.16. The van der Waals surface area contributed by atoms with Gasteiger partial charge in [-0.3, -0.25) is 0 Å². The summed E-state index contributed by atoms with van der Waals surface area (Å²) < 4.78 is 5.68. The first kappa shape index (κ1) is 14.7. The van der Waals surface area contributed by atoms with Crippen LogP contribution in [0.15, 0.2) is 24.3 Å². The van der Waals surface area contributed by atoms with Gasteiger partial charge in [0.05, 0.1) is 6.10 Å². The summed E-state index contributed by atoms with van der Waals surface area (Å²) in [5.41, 5.74) is 1.34. The Balaban J connectivity index is 1.89. The van der Waals surface area contributed by atoms with Crippen LogP contribution in [0.3, 0.4) is 0 Å². The molecule has 1 aromatic carbocycles. The summed E-state index contributed by atoms with van der Waals surface area (Å²) in [6, 6.07) is 9.60. The van der Waals surface area contributed by atoms with E-state index in [2.05, 4.69) is 62.1 Å². The molecule has 2 rings (SSSR count). The lowest BCUT2D eigenvalue weighted by Crippen LogP contribution is -2.34. The Labute approximate surface area is 121 Å². The number of ether oxygens (including phenoxy) is 1. The van der Waals surface area contributed by atoms with Gasteiger partial charge in [0.25, 0.3) is 0 Å². The van der Waals surface area contributed by atoms with Crippen LogP contribution in [-0.4, -0.2) is 23.7 Å². The lowest BCUT2D eigenvalue weighted by Gasteiger charge is -2.26. The molecular weight excluding hydrogens is 254 g/mol. The van der Waals surface area contributed by atoms with Crippen LogP contribution in [0.2, 0.25) is 0 Å². The highest BCUT2D eigenvalue weighted by molar-refractivity contribution is 7.99. The van der Waals surface area contributed by atoms with Crippen LogP contribution in [0, 0.1) is 0 Å². The molecule has 1 atom stereocenters. The predicted molar refractivity (Wildman–Crippen MR) is 84.1 cm³/mol. The van der Waals surface area contributed by atoms with E-state index in [0.29, 0.717) is 12.1 Å². The number of benzene rings is 1. The van der Waals surface area contributed by atoms with Crippen LogP contribution >= 0.6 is 11.8 Å². The zero-order valence-corrected chi connectivity index (χ0v) is 13.0. The maximum absolute atomic E-state index is 5.68. The molecule has 2 nitrogen and oxygen atoms in total. The Morgan fingerprint density at radius 2 is 1.74 bits per heavy atom. The Morgan fingerprint density at radius 1 is 1.11 bits per heavy atom. The van der Waals surface area contributed by atoms with Crippen molar-refractivity contribution in [3.63, 3.8) is 0 Å². The van der Waals surface area contributed by atoms with Crippen LogP contribution in [0.1, 0.15) is 45.2 Å². The smallest absolute Gasteiger partial charge is 0.119 e. The van der Waals surface area contributed by atoms with Crippen LogP contribution in [0.4, 0.5) is 0 Å². The monoisotopic (exact) mass is 279 g/mol. The van der Waals surface area contributed by atoms with E-state index < -0.39 is 0 Å². The van der Waals surface area contributed by atoms with E-state index in [0.717, 1.165) is 5.75 Å². The third kappa shape index (κ3) is 4.73. The molecule has 1 aliphatic rings. The van der Waals surface area contributed by atoms with Crippen molar-refractivity contribution in [1.82, 2.24) is 5.32 Å².